The summed E-state index contributed by atoms with van der Waals surface area (Å²) >= 11 is 0. The maximum Gasteiger partial charge on any atom is 0.123 e. The number of halogens is 1. The number of aryl methyl sites for hydroxylation is 1. The molecule has 0 spiro atoms. The van der Waals surface area contributed by atoms with E-state index in [2.05, 4.69) is 11.4 Å². The average Bonchev–Trinajstić information content (AvgIpc) is 2.45. The maximum absolute atomic E-state index is 12.8. The number of hydrogen-bond acceptors (Lipinski definition) is 2. The molecule has 0 bridgehead atoms. The molecule has 0 aliphatic carbocycles. The Hall–Kier alpha value is -2.18. The molecule has 2 rings (SSSR count). The van der Waals surface area contributed by atoms with Gasteiger partial charge in [-0.05, 0) is 36.6 Å². The van der Waals surface area contributed by atoms with Crippen LogP contribution in [0.5, 0.6) is 0 Å². The fraction of sp³-hybridized carbons (Fsp3) is 0.235. The fourth-order valence-corrected chi connectivity index (χ4v) is 2.10. The second-order valence-corrected chi connectivity index (χ2v) is 4.81. The van der Waals surface area contributed by atoms with Crippen molar-refractivity contribution in [1.82, 2.24) is 5.32 Å². The molecule has 20 heavy (non-hydrogen) atoms. The Balaban J connectivity index is 1.92. The SMILES string of the molecule is Cc1cccc(C(C#N)NCCc2ccc(F)cc2)c1. The summed E-state index contributed by atoms with van der Waals surface area (Å²) in [6.07, 6.45) is 0.768. The molecular weight excluding hydrogens is 251 g/mol. The number of rotatable bonds is 5. The minimum atomic E-state index is -0.310. The standard InChI is InChI=1S/C17H17FN2/c1-13-3-2-4-15(11-13)17(12-19)20-10-9-14-5-7-16(18)8-6-14/h2-8,11,17,20H,9-10H2,1H3. The van der Waals surface area contributed by atoms with E-state index in [9.17, 15) is 9.65 Å². The first kappa shape index (κ1) is 14.2. The van der Waals surface area contributed by atoms with E-state index in [4.69, 9.17) is 0 Å². The van der Waals surface area contributed by atoms with Crippen LogP contribution in [0.4, 0.5) is 4.39 Å². The molecule has 0 aromatic heterocycles. The molecule has 2 nitrogen and oxygen atoms in total. The fourth-order valence-electron chi connectivity index (χ4n) is 2.10. The lowest BCUT2D eigenvalue weighted by Crippen LogP contribution is -2.22. The molecule has 2 aromatic carbocycles. The van der Waals surface area contributed by atoms with Crippen molar-refractivity contribution in [2.24, 2.45) is 0 Å². The molecule has 1 N–H and O–H groups in total. The van der Waals surface area contributed by atoms with Gasteiger partial charge in [-0.2, -0.15) is 5.26 Å². The number of hydrogen-bond donors (Lipinski definition) is 1. The maximum atomic E-state index is 12.8. The smallest absolute Gasteiger partial charge is 0.123 e. The molecule has 3 heteroatoms. The minimum Gasteiger partial charge on any atom is -0.298 e. The van der Waals surface area contributed by atoms with Crippen LogP contribution in [0.15, 0.2) is 48.5 Å². The normalized spacial score (nSPS) is 11.8. The first-order chi connectivity index (χ1) is 9.69. The highest BCUT2D eigenvalue weighted by Crippen LogP contribution is 2.13. The molecule has 0 radical (unpaired) electrons. The van der Waals surface area contributed by atoms with E-state index in [0.717, 1.165) is 23.1 Å². The summed E-state index contributed by atoms with van der Waals surface area (Å²) in [6.45, 7) is 2.69. The highest BCUT2D eigenvalue weighted by Gasteiger charge is 2.09. The van der Waals surface area contributed by atoms with Gasteiger partial charge in [-0.1, -0.05) is 42.0 Å². The molecule has 0 amide bonds. The van der Waals surface area contributed by atoms with Gasteiger partial charge >= 0.3 is 0 Å². The number of nitrogens with one attached hydrogen (secondary N) is 1. The van der Waals surface area contributed by atoms with Crippen molar-refractivity contribution >= 4 is 0 Å². The van der Waals surface area contributed by atoms with Crippen molar-refractivity contribution < 1.29 is 4.39 Å². The first-order valence-electron chi connectivity index (χ1n) is 6.63. The molecule has 0 aliphatic rings. The summed E-state index contributed by atoms with van der Waals surface area (Å²) in [4.78, 5) is 0. The molecule has 1 unspecified atom stereocenters. The van der Waals surface area contributed by atoms with Gasteiger partial charge in [0, 0.05) is 6.54 Å². The molecule has 0 saturated heterocycles. The second-order valence-electron chi connectivity index (χ2n) is 4.81. The van der Waals surface area contributed by atoms with Crippen molar-refractivity contribution in [1.29, 1.82) is 5.26 Å². The van der Waals surface area contributed by atoms with Crippen LogP contribution in [0.25, 0.3) is 0 Å². The Morgan fingerprint density at radius 1 is 1.20 bits per heavy atom. The van der Waals surface area contributed by atoms with Crippen LogP contribution in [-0.4, -0.2) is 6.54 Å². The van der Waals surface area contributed by atoms with Gasteiger partial charge in [0.05, 0.1) is 6.07 Å². The van der Waals surface area contributed by atoms with Crippen LogP contribution >= 0.6 is 0 Å². The van der Waals surface area contributed by atoms with Gasteiger partial charge in [-0.25, -0.2) is 4.39 Å². The molecule has 2 aromatic rings. The summed E-state index contributed by atoms with van der Waals surface area (Å²) < 4.78 is 12.8. The number of benzene rings is 2. The molecule has 0 fully saturated rings. The van der Waals surface area contributed by atoms with Crippen LogP contribution in [0.2, 0.25) is 0 Å². The van der Waals surface area contributed by atoms with Crippen molar-refractivity contribution in [3.63, 3.8) is 0 Å². The summed E-state index contributed by atoms with van der Waals surface area (Å²) in [5.74, 6) is -0.226. The molecule has 0 aliphatic heterocycles. The van der Waals surface area contributed by atoms with Gasteiger partial charge in [-0.15, -0.1) is 0 Å². The number of nitriles is 1. The van der Waals surface area contributed by atoms with Crippen LogP contribution in [-0.2, 0) is 6.42 Å². The van der Waals surface area contributed by atoms with Crippen molar-refractivity contribution in [2.45, 2.75) is 19.4 Å². The van der Waals surface area contributed by atoms with E-state index in [-0.39, 0.29) is 11.9 Å². The van der Waals surface area contributed by atoms with Gasteiger partial charge in [-0.3, -0.25) is 5.32 Å². The lowest BCUT2D eigenvalue weighted by molar-refractivity contribution is 0.620. The predicted octanol–water partition coefficient (Wildman–Crippen LogP) is 3.53. The van der Waals surface area contributed by atoms with Crippen LogP contribution in [0.3, 0.4) is 0 Å². The Morgan fingerprint density at radius 2 is 1.95 bits per heavy atom. The van der Waals surface area contributed by atoms with Crippen molar-refractivity contribution in [2.75, 3.05) is 6.54 Å². The predicted molar refractivity (Wildman–Crippen MR) is 77.6 cm³/mol. The van der Waals surface area contributed by atoms with E-state index in [0.29, 0.717) is 6.54 Å². The van der Waals surface area contributed by atoms with Crippen LogP contribution < -0.4 is 5.32 Å². The van der Waals surface area contributed by atoms with Crippen LogP contribution in [0, 0.1) is 24.1 Å². The van der Waals surface area contributed by atoms with Crippen LogP contribution in [0.1, 0.15) is 22.7 Å². The molecular formula is C17H17FN2. The first-order valence-corrected chi connectivity index (χ1v) is 6.63. The highest BCUT2D eigenvalue weighted by molar-refractivity contribution is 5.28. The Morgan fingerprint density at radius 3 is 2.60 bits per heavy atom. The summed E-state index contributed by atoms with van der Waals surface area (Å²) in [5.41, 5.74) is 3.18. The molecule has 0 saturated carbocycles. The molecule has 102 valence electrons. The average molecular weight is 268 g/mol. The Kier molecular flexibility index (Phi) is 4.86. The van der Waals surface area contributed by atoms with Gasteiger partial charge in [0.25, 0.3) is 0 Å². The summed E-state index contributed by atoms with van der Waals surface area (Å²) in [6, 6.07) is 16.3. The third-order valence-electron chi connectivity index (χ3n) is 3.18. The second kappa shape index (κ2) is 6.83. The van der Waals surface area contributed by atoms with Gasteiger partial charge in [0.2, 0.25) is 0 Å². The lowest BCUT2D eigenvalue weighted by Gasteiger charge is -2.12. The monoisotopic (exact) mass is 268 g/mol. The van der Waals surface area contributed by atoms with Gasteiger partial charge in [0.1, 0.15) is 11.9 Å². The quantitative estimate of drug-likeness (QED) is 0.900. The van der Waals surface area contributed by atoms with Crippen molar-refractivity contribution in [3.05, 3.63) is 71.0 Å². The highest BCUT2D eigenvalue weighted by atomic mass is 19.1. The Bertz CT molecular complexity index is 599. The van der Waals surface area contributed by atoms with Gasteiger partial charge < -0.3 is 0 Å². The van der Waals surface area contributed by atoms with E-state index < -0.39 is 0 Å². The third-order valence-corrected chi connectivity index (χ3v) is 3.18. The zero-order valence-electron chi connectivity index (χ0n) is 11.4. The summed E-state index contributed by atoms with van der Waals surface area (Å²) in [7, 11) is 0. The Labute approximate surface area is 118 Å². The van der Waals surface area contributed by atoms with E-state index in [1.54, 1.807) is 12.1 Å². The van der Waals surface area contributed by atoms with E-state index in [1.807, 2.05) is 31.2 Å². The largest absolute Gasteiger partial charge is 0.298 e. The minimum absolute atomic E-state index is 0.226. The number of nitrogens with zero attached hydrogens (tertiary/aromatic N) is 1. The summed E-state index contributed by atoms with van der Waals surface area (Å²) in [5, 5.41) is 12.5. The zero-order chi connectivity index (χ0) is 14.4. The van der Waals surface area contributed by atoms with Gasteiger partial charge in [0.15, 0.2) is 0 Å². The topological polar surface area (TPSA) is 35.8 Å². The molecule has 0 heterocycles. The van der Waals surface area contributed by atoms with E-state index in [1.165, 1.54) is 12.1 Å². The third kappa shape index (κ3) is 3.91. The molecule has 1 atom stereocenters. The van der Waals surface area contributed by atoms with E-state index >= 15 is 0 Å². The zero-order valence-corrected chi connectivity index (χ0v) is 11.4. The van der Waals surface area contributed by atoms with Crippen molar-refractivity contribution in [3.8, 4) is 6.07 Å². The lowest BCUT2D eigenvalue weighted by atomic mass is 10.1.